The molecule has 0 fully saturated rings. The average molecular weight is 237 g/mol. The van der Waals surface area contributed by atoms with Gasteiger partial charge in [-0.2, -0.15) is 0 Å². The predicted octanol–water partition coefficient (Wildman–Crippen LogP) is 3.93. The van der Waals surface area contributed by atoms with Crippen molar-refractivity contribution >= 4 is 23.1 Å². The molecule has 0 bridgehead atoms. The van der Waals surface area contributed by atoms with Crippen LogP contribution in [-0.2, 0) is 0 Å². The molecule has 4 heteroatoms. The Morgan fingerprint density at radius 3 is 2.50 bits per heavy atom. The smallest absolute Gasteiger partial charge is 0.132 e. The fourth-order valence-corrected chi connectivity index (χ4v) is 1.63. The number of nitrogens with zero attached hydrogens (tertiary/aromatic N) is 1. The molecule has 0 spiro atoms. The molecule has 0 aliphatic heterocycles. The van der Waals surface area contributed by atoms with Crippen molar-refractivity contribution in [2.24, 2.45) is 0 Å². The number of hydrogen-bond acceptors (Lipinski definition) is 2. The summed E-state index contributed by atoms with van der Waals surface area (Å²) in [7, 11) is 0. The van der Waals surface area contributed by atoms with Crippen molar-refractivity contribution in [3.05, 3.63) is 52.9 Å². The minimum atomic E-state index is -0.263. The molecule has 1 aromatic heterocycles. The van der Waals surface area contributed by atoms with E-state index >= 15 is 0 Å². The first-order valence-corrected chi connectivity index (χ1v) is 5.18. The topological polar surface area (TPSA) is 24.9 Å². The molecule has 0 atom stereocenters. The molecular formula is C12H10ClFN2. The number of benzene rings is 1. The second kappa shape index (κ2) is 4.49. The molecule has 0 aliphatic carbocycles. The quantitative estimate of drug-likeness (QED) is 0.800. The molecule has 0 aliphatic rings. The van der Waals surface area contributed by atoms with Gasteiger partial charge >= 0.3 is 0 Å². The van der Waals surface area contributed by atoms with Crippen molar-refractivity contribution in [1.29, 1.82) is 0 Å². The summed E-state index contributed by atoms with van der Waals surface area (Å²) in [5.41, 5.74) is 1.79. The number of halogens is 2. The highest BCUT2D eigenvalue weighted by Gasteiger charge is 1.99. The van der Waals surface area contributed by atoms with Crippen LogP contribution in [0.3, 0.4) is 0 Å². The van der Waals surface area contributed by atoms with Crippen LogP contribution in [0, 0.1) is 12.7 Å². The van der Waals surface area contributed by atoms with Crippen molar-refractivity contribution in [2.75, 3.05) is 5.32 Å². The number of nitrogens with one attached hydrogen (secondary N) is 1. The fraction of sp³-hybridized carbons (Fsp3) is 0.0833. The zero-order valence-corrected chi connectivity index (χ0v) is 9.42. The Bertz CT molecular complexity index is 477. The average Bonchev–Trinajstić information content (AvgIpc) is 2.20. The van der Waals surface area contributed by atoms with Crippen LogP contribution in [0.4, 0.5) is 15.9 Å². The molecule has 2 aromatic rings. The van der Waals surface area contributed by atoms with Crippen LogP contribution in [0.25, 0.3) is 0 Å². The Hall–Kier alpha value is -1.61. The molecule has 0 saturated carbocycles. The number of hydrogen-bond donors (Lipinski definition) is 1. The maximum atomic E-state index is 12.7. The standard InChI is InChI=1S/C12H10ClFN2/c1-8-6-11(13)16-12(7-8)15-10-4-2-9(14)3-5-10/h2-7H,1H3,(H,15,16). The van der Waals surface area contributed by atoms with Gasteiger partial charge in [0.25, 0.3) is 0 Å². The van der Waals surface area contributed by atoms with E-state index in [1.54, 1.807) is 18.2 Å². The summed E-state index contributed by atoms with van der Waals surface area (Å²) in [6.45, 7) is 1.93. The Balaban J connectivity index is 2.23. The summed E-state index contributed by atoms with van der Waals surface area (Å²) >= 11 is 5.83. The zero-order chi connectivity index (χ0) is 11.5. The number of aryl methyl sites for hydroxylation is 1. The number of rotatable bonds is 2. The van der Waals surface area contributed by atoms with Crippen LogP contribution in [0.15, 0.2) is 36.4 Å². The van der Waals surface area contributed by atoms with E-state index in [1.807, 2.05) is 13.0 Å². The SMILES string of the molecule is Cc1cc(Cl)nc(Nc2ccc(F)cc2)c1. The normalized spacial score (nSPS) is 10.2. The molecule has 0 saturated heterocycles. The Kier molecular flexibility index (Phi) is 3.06. The first-order chi connectivity index (χ1) is 7.63. The summed E-state index contributed by atoms with van der Waals surface area (Å²) in [6, 6.07) is 9.71. The van der Waals surface area contributed by atoms with Gasteiger partial charge in [0.1, 0.15) is 16.8 Å². The van der Waals surface area contributed by atoms with E-state index in [1.165, 1.54) is 12.1 Å². The van der Waals surface area contributed by atoms with Gasteiger partial charge in [0.2, 0.25) is 0 Å². The Morgan fingerprint density at radius 1 is 1.19 bits per heavy atom. The van der Waals surface area contributed by atoms with Gasteiger partial charge in [0, 0.05) is 5.69 Å². The van der Waals surface area contributed by atoms with Crippen LogP contribution in [0.2, 0.25) is 5.15 Å². The van der Waals surface area contributed by atoms with E-state index < -0.39 is 0 Å². The molecule has 1 N–H and O–H groups in total. The lowest BCUT2D eigenvalue weighted by Gasteiger charge is -2.06. The summed E-state index contributed by atoms with van der Waals surface area (Å²) in [5, 5.41) is 3.49. The van der Waals surface area contributed by atoms with Crippen molar-refractivity contribution in [3.63, 3.8) is 0 Å². The largest absolute Gasteiger partial charge is 0.340 e. The first-order valence-electron chi connectivity index (χ1n) is 4.80. The lowest BCUT2D eigenvalue weighted by Crippen LogP contribution is -1.94. The molecule has 2 rings (SSSR count). The minimum absolute atomic E-state index is 0.263. The molecule has 0 radical (unpaired) electrons. The van der Waals surface area contributed by atoms with Gasteiger partial charge in [-0.25, -0.2) is 9.37 Å². The number of pyridine rings is 1. The predicted molar refractivity (Wildman–Crippen MR) is 63.7 cm³/mol. The van der Waals surface area contributed by atoms with Gasteiger partial charge in [-0.1, -0.05) is 11.6 Å². The zero-order valence-electron chi connectivity index (χ0n) is 8.67. The van der Waals surface area contributed by atoms with Crippen molar-refractivity contribution in [3.8, 4) is 0 Å². The van der Waals surface area contributed by atoms with Gasteiger partial charge in [-0.3, -0.25) is 0 Å². The maximum Gasteiger partial charge on any atom is 0.132 e. The van der Waals surface area contributed by atoms with Crippen molar-refractivity contribution < 1.29 is 4.39 Å². The highest BCUT2D eigenvalue weighted by molar-refractivity contribution is 6.29. The number of anilines is 2. The van der Waals surface area contributed by atoms with E-state index in [0.29, 0.717) is 11.0 Å². The number of aromatic nitrogens is 1. The molecule has 1 aromatic carbocycles. The molecular weight excluding hydrogens is 227 g/mol. The summed E-state index contributed by atoms with van der Waals surface area (Å²) in [4.78, 5) is 4.11. The van der Waals surface area contributed by atoms with Gasteiger partial charge in [-0.05, 0) is 48.9 Å². The van der Waals surface area contributed by atoms with Gasteiger partial charge < -0.3 is 5.32 Å². The molecule has 0 amide bonds. The maximum absolute atomic E-state index is 12.7. The lowest BCUT2D eigenvalue weighted by atomic mass is 10.3. The third kappa shape index (κ3) is 2.70. The van der Waals surface area contributed by atoms with Gasteiger partial charge in [0.15, 0.2) is 0 Å². The van der Waals surface area contributed by atoms with Gasteiger partial charge in [0.05, 0.1) is 0 Å². The first kappa shape index (κ1) is 10.9. The van der Waals surface area contributed by atoms with Gasteiger partial charge in [-0.15, -0.1) is 0 Å². The van der Waals surface area contributed by atoms with E-state index in [4.69, 9.17) is 11.6 Å². The summed E-state index contributed by atoms with van der Waals surface area (Å²) in [6.07, 6.45) is 0. The fourth-order valence-electron chi connectivity index (χ4n) is 1.37. The molecule has 1 heterocycles. The van der Waals surface area contributed by atoms with Crippen LogP contribution in [0.1, 0.15) is 5.56 Å². The van der Waals surface area contributed by atoms with Crippen molar-refractivity contribution in [1.82, 2.24) is 4.98 Å². The van der Waals surface area contributed by atoms with E-state index in [0.717, 1.165) is 11.3 Å². The van der Waals surface area contributed by atoms with Crippen molar-refractivity contribution in [2.45, 2.75) is 6.92 Å². The monoisotopic (exact) mass is 236 g/mol. The molecule has 2 nitrogen and oxygen atoms in total. The van der Waals surface area contributed by atoms with E-state index in [2.05, 4.69) is 10.3 Å². The highest BCUT2D eigenvalue weighted by Crippen LogP contribution is 2.18. The van der Waals surface area contributed by atoms with Crippen LogP contribution in [0.5, 0.6) is 0 Å². The third-order valence-corrected chi connectivity index (χ3v) is 2.25. The third-order valence-electron chi connectivity index (χ3n) is 2.06. The minimum Gasteiger partial charge on any atom is -0.340 e. The van der Waals surface area contributed by atoms with Crippen LogP contribution in [-0.4, -0.2) is 4.98 Å². The highest BCUT2D eigenvalue weighted by atomic mass is 35.5. The Labute approximate surface area is 98.1 Å². The van der Waals surface area contributed by atoms with Crippen LogP contribution < -0.4 is 5.32 Å². The summed E-state index contributed by atoms with van der Waals surface area (Å²) in [5.74, 6) is 0.386. The van der Waals surface area contributed by atoms with E-state index in [9.17, 15) is 4.39 Å². The molecule has 82 valence electrons. The van der Waals surface area contributed by atoms with Crippen LogP contribution >= 0.6 is 11.6 Å². The second-order valence-corrected chi connectivity index (χ2v) is 3.87. The summed E-state index contributed by atoms with van der Waals surface area (Å²) < 4.78 is 12.7. The molecule has 16 heavy (non-hydrogen) atoms. The Morgan fingerprint density at radius 2 is 1.88 bits per heavy atom. The van der Waals surface area contributed by atoms with E-state index in [-0.39, 0.29) is 5.82 Å². The lowest BCUT2D eigenvalue weighted by molar-refractivity contribution is 0.628. The second-order valence-electron chi connectivity index (χ2n) is 3.48. The molecule has 0 unspecified atom stereocenters.